The molecule has 18 heavy (non-hydrogen) atoms. The Morgan fingerprint density at radius 3 is 2.89 bits per heavy atom. The van der Waals surface area contributed by atoms with Gasteiger partial charge in [0.15, 0.2) is 0 Å². The molecule has 1 fully saturated rings. The highest BCUT2D eigenvalue weighted by molar-refractivity contribution is 5.94. The molecule has 0 aliphatic carbocycles. The summed E-state index contributed by atoms with van der Waals surface area (Å²) in [6.45, 7) is 6.05. The predicted molar refractivity (Wildman–Crippen MR) is 73.9 cm³/mol. The van der Waals surface area contributed by atoms with Crippen LogP contribution in [0, 0.1) is 13.8 Å². The zero-order valence-electron chi connectivity index (χ0n) is 11.3. The maximum absolute atomic E-state index is 12.1. The molecule has 2 rings (SSSR count). The van der Waals surface area contributed by atoms with Gasteiger partial charge in [0.1, 0.15) is 0 Å². The molecular weight excluding hydrogens is 224 g/mol. The van der Waals surface area contributed by atoms with Gasteiger partial charge in [-0.15, -0.1) is 0 Å². The molecule has 1 aromatic rings. The SMILES string of the molecule is Cc1ccc(C(=O)NC2CCCCNC2)cc1C. The van der Waals surface area contributed by atoms with Crippen molar-refractivity contribution in [2.24, 2.45) is 0 Å². The lowest BCUT2D eigenvalue weighted by atomic mass is 10.1. The molecule has 1 amide bonds. The van der Waals surface area contributed by atoms with Gasteiger partial charge in [-0.25, -0.2) is 0 Å². The third-order valence-electron chi connectivity index (χ3n) is 3.65. The van der Waals surface area contributed by atoms with E-state index in [2.05, 4.69) is 17.6 Å². The van der Waals surface area contributed by atoms with Crippen molar-refractivity contribution < 1.29 is 4.79 Å². The zero-order chi connectivity index (χ0) is 13.0. The van der Waals surface area contributed by atoms with E-state index in [4.69, 9.17) is 0 Å². The van der Waals surface area contributed by atoms with E-state index in [-0.39, 0.29) is 11.9 Å². The minimum atomic E-state index is 0.0480. The van der Waals surface area contributed by atoms with E-state index < -0.39 is 0 Å². The molecule has 1 aliphatic heterocycles. The van der Waals surface area contributed by atoms with E-state index in [1.54, 1.807) is 0 Å². The highest BCUT2D eigenvalue weighted by Crippen LogP contribution is 2.11. The van der Waals surface area contributed by atoms with Crippen LogP contribution in [0.2, 0.25) is 0 Å². The van der Waals surface area contributed by atoms with Crippen LogP contribution >= 0.6 is 0 Å². The maximum Gasteiger partial charge on any atom is 0.251 e. The molecule has 3 nitrogen and oxygen atoms in total. The lowest BCUT2D eigenvalue weighted by molar-refractivity contribution is 0.0935. The Bertz CT molecular complexity index is 421. The van der Waals surface area contributed by atoms with Crippen molar-refractivity contribution in [3.05, 3.63) is 34.9 Å². The first kappa shape index (κ1) is 13.1. The fraction of sp³-hybridized carbons (Fsp3) is 0.533. The monoisotopic (exact) mass is 246 g/mol. The Morgan fingerprint density at radius 2 is 2.11 bits per heavy atom. The summed E-state index contributed by atoms with van der Waals surface area (Å²) in [7, 11) is 0. The molecule has 0 saturated carbocycles. The lowest BCUT2D eigenvalue weighted by Gasteiger charge is -2.16. The molecule has 2 N–H and O–H groups in total. The van der Waals surface area contributed by atoms with Gasteiger partial charge in [0, 0.05) is 18.2 Å². The summed E-state index contributed by atoms with van der Waals surface area (Å²) >= 11 is 0. The summed E-state index contributed by atoms with van der Waals surface area (Å²) in [5.74, 6) is 0.0480. The largest absolute Gasteiger partial charge is 0.348 e. The summed E-state index contributed by atoms with van der Waals surface area (Å²) in [5, 5.41) is 6.48. The van der Waals surface area contributed by atoms with Crippen molar-refractivity contribution in [2.45, 2.75) is 39.2 Å². The quantitative estimate of drug-likeness (QED) is 0.839. The molecular formula is C15H22N2O. The van der Waals surface area contributed by atoms with Gasteiger partial charge in [-0.3, -0.25) is 4.79 Å². The summed E-state index contributed by atoms with van der Waals surface area (Å²) < 4.78 is 0. The van der Waals surface area contributed by atoms with Crippen LogP contribution in [0.15, 0.2) is 18.2 Å². The van der Waals surface area contributed by atoms with Gasteiger partial charge in [-0.2, -0.15) is 0 Å². The summed E-state index contributed by atoms with van der Waals surface area (Å²) in [6.07, 6.45) is 3.46. The van der Waals surface area contributed by atoms with Crippen molar-refractivity contribution >= 4 is 5.91 Å². The first-order valence-electron chi connectivity index (χ1n) is 6.75. The Balaban J connectivity index is 1.99. The number of aryl methyl sites for hydroxylation is 2. The predicted octanol–water partition coefficient (Wildman–Crippen LogP) is 2.18. The van der Waals surface area contributed by atoms with E-state index in [0.29, 0.717) is 0 Å². The fourth-order valence-corrected chi connectivity index (χ4v) is 2.29. The average Bonchev–Trinajstić information content (AvgIpc) is 2.61. The highest BCUT2D eigenvalue weighted by Gasteiger charge is 2.15. The van der Waals surface area contributed by atoms with Crippen molar-refractivity contribution in [3.8, 4) is 0 Å². The normalized spacial score (nSPS) is 20.2. The second kappa shape index (κ2) is 6.01. The molecule has 1 saturated heterocycles. The van der Waals surface area contributed by atoms with E-state index in [9.17, 15) is 4.79 Å². The molecule has 1 aromatic carbocycles. The second-order valence-corrected chi connectivity index (χ2v) is 5.17. The molecule has 0 spiro atoms. The van der Waals surface area contributed by atoms with Gasteiger partial charge >= 0.3 is 0 Å². The van der Waals surface area contributed by atoms with Crippen molar-refractivity contribution in [2.75, 3.05) is 13.1 Å². The van der Waals surface area contributed by atoms with Crippen LogP contribution in [0.4, 0.5) is 0 Å². The van der Waals surface area contributed by atoms with Gasteiger partial charge in [0.2, 0.25) is 0 Å². The Morgan fingerprint density at radius 1 is 1.28 bits per heavy atom. The molecule has 1 aliphatic rings. The van der Waals surface area contributed by atoms with Gasteiger partial charge in [0.25, 0.3) is 5.91 Å². The van der Waals surface area contributed by atoms with Crippen molar-refractivity contribution in [1.82, 2.24) is 10.6 Å². The summed E-state index contributed by atoms with van der Waals surface area (Å²) in [5.41, 5.74) is 3.16. The Hall–Kier alpha value is -1.35. The third-order valence-corrected chi connectivity index (χ3v) is 3.65. The number of carbonyl (C=O) groups is 1. The topological polar surface area (TPSA) is 41.1 Å². The average molecular weight is 246 g/mol. The van der Waals surface area contributed by atoms with Crippen LogP contribution < -0.4 is 10.6 Å². The molecule has 1 unspecified atom stereocenters. The van der Waals surface area contributed by atoms with Crippen LogP contribution in [0.5, 0.6) is 0 Å². The summed E-state index contributed by atoms with van der Waals surface area (Å²) in [4.78, 5) is 12.1. The number of amides is 1. The van der Waals surface area contributed by atoms with Crippen molar-refractivity contribution in [3.63, 3.8) is 0 Å². The van der Waals surface area contributed by atoms with Crippen LogP contribution in [0.3, 0.4) is 0 Å². The number of nitrogens with one attached hydrogen (secondary N) is 2. The van der Waals surface area contributed by atoms with Crippen LogP contribution in [-0.2, 0) is 0 Å². The molecule has 98 valence electrons. The Labute approximate surface area is 109 Å². The first-order valence-corrected chi connectivity index (χ1v) is 6.75. The summed E-state index contributed by atoms with van der Waals surface area (Å²) in [6, 6.07) is 6.15. The number of hydrogen-bond donors (Lipinski definition) is 2. The van der Waals surface area contributed by atoms with Gasteiger partial charge < -0.3 is 10.6 Å². The van der Waals surface area contributed by atoms with E-state index >= 15 is 0 Å². The Kier molecular flexibility index (Phi) is 4.37. The zero-order valence-corrected chi connectivity index (χ0v) is 11.3. The molecule has 1 heterocycles. The van der Waals surface area contributed by atoms with Crippen LogP contribution in [0.1, 0.15) is 40.7 Å². The lowest BCUT2D eigenvalue weighted by Crippen LogP contribution is -2.40. The van der Waals surface area contributed by atoms with Crippen molar-refractivity contribution in [1.29, 1.82) is 0 Å². The smallest absolute Gasteiger partial charge is 0.251 e. The van der Waals surface area contributed by atoms with E-state index in [1.165, 1.54) is 24.0 Å². The first-order chi connectivity index (χ1) is 8.66. The molecule has 3 heteroatoms. The fourth-order valence-electron chi connectivity index (χ4n) is 2.29. The van der Waals surface area contributed by atoms with Crippen LogP contribution in [0.25, 0.3) is 0 Å². The minimum absolute atomic E-state index is 0.0480. The van der Waals surface area contributed by atoms with Gasteiger partial charge in [-0.1, -0.05) is 12.5 Å². The third kappa shape index (κ3) is 3.33. The second-order valence-electron chi connectivity index (χ2n) is 5.17. The van der Waals surface area contributed by atoms with E-state index in [0.717, 1.165) is 25.1 Å². The maximum atomic E-state index is 12.1. The van der Waals surface area contributed by atoms with E-state index in [1.807, 2.05) is 25.1 Å². The van der Waals surface area contributed by atoms with Gasteiger partial charge in [0.05, 0.1) is 0 Å². The number of hydrogen-bond acceptors (Lipinski definition) is 2. The standard InChI is InChI=1S/C15H22N2O/c1-11-6-7-13(9-12(11)2)15(18)17-14-5-3-4-8-16-10-14/h6-7,9,14,16H,3-5,8,10H2,1-2H3,(H,17,18). The van der Waals surface area contributed by atoms with Crippen LogP contribution in [-0.4, -0.2) is 25.0 Å². The molecule has 1 atom stereocenters. The number of benzene rings is 1. The molecule has 0 bridgehead atoms. The minimum Gasteiger partial charge on any atom is -0.348 e. The number of rotatable bonds is 2. The number of carbonyl (C=O) groups excluding carboxylic acids is 1. The molecule has 0 radical (unpaired) electrons. The molecule has 0 aromatic heterocycles. The highest BCUT2D eigenvalue weighted by atomic mass is 16.1. The van der Waals surface area contributed by atoms with Gasteiger partial charge in [-0.05, 0) is 56.5 Å².